The molecular weight excluding hydrogens is 442 g/mol. The topological polar surface area (TPSA) is 112 Å². The van der Waals surface area contributed by atoms with E-state index in [9.17, 15) is 13.5 Å². The summed E-state index contributed by atoms with van der Waals surface area (Å²) in [6, 6.07) is 3.80. The number of aromatic nitrogens is 2. The number of hydrogen-bond donors (Lipinski definition) is 1. The van der Waals surface area contributed by atoms with Crippen LogP contribution in [0.5, 0.6) is 0 Å². The molecule has 0 radical (unpaired) electrons. The molecule has 1 unspecified atom stereocenters. The minimum atomic E-state index is -4.32. The molecule has 1 aromatic heterocycles. The van der Waals surface area contributed by atoms with Crippen LogP contribution in [0.15, 0.2) is 35.0 Å². The van der Waals surface area contributed by atoms with Gasteiger partial charge in [0.25, 0.3) is 0 Å². The number of nitrogens with one attached hydrogen (secondary N) is 1. The Morgan fingerprint density at radius 2 is 2.13 bits per heavy atom. The van der Waals surface area contributed by atoms with Crippen molar-refractivity contribution in [1.29, 1.82) is 0 Å². The molecule has 1 aliphatic rings. The van der Waals surface area contributed by atoms with Crippen LogP contribution in [0, 0.1) is 0 Å². The average Bonchev–Trinajstić information content (AvgIpc) is 3.12. The van der Waals surface area contributed by atoms with E-state index in [1.807, 2.05) is 13.0 Å². The first-order chi connectivity index (χ1) is 14.7. The van der Waals surface area contributed by atoms with Crippen molar-refractivity contribution in [3.8, 4) is 0 Å². The number of hydrogen-bond acceptors (Lipinski definition) is 5. The molecule has 3 rings (SSSR count). The van der Waals surface area contributed by atoms with E-state index in [1.165, 1.54) is 10.9 Å². The van der Waals surface area contributed by atoms with E-state index in [0.717, 1.165) is 16.3 Å². The third kappa shape index (κ3) is 5.90. The van der Waals surface area contributed by atoms with Crippen molar-refractivity contribution in [2.45, 2.75) is 45.1 Å². The van der Waals surface area contributed by atoms with Gasteiger partial charge < -0.3 is 15.2 Å². The molecule has 0 spiro atoms. The van der Waals surface area contributed by atoms with Crippen molar-refractivity contribution in [2.24, 2.45) is 11.4 Å². The Morgan fingerprint density at radius 3 is 2.74 bits per heavy atom. The molecule has 1 saturated heterocycles. The second-order valence-electron chi connectivity index (χ2n) is 7.59. The number of aryl methyl sites for hydroxylation is 1. The average molecular weight is 469 g/mol. The highest BCUT2D eigenvalue weighted by Gasteiger charge is 2.32. The normalized spacial score (nSPS) is 16.8. The first-order valence-corrected chi connectivity index (χ1v) is 11.9. The van der Waals surface area contributed by atoms with E-state index in [-0.39, 0.29) is 12.0 Å². The first-order valence-electron chi connectivity index (χ1n) is 10.1. The summed E-state index contributed by atoms with van der Waals surface area (Å²) in [6.45, 7) is 4.97. The Morgan fingerprint density at radius 1 is 1.42 bits per heavy atom. The maximum Gasteiger partial charge on any atom is 0.345 e. The fraction of sp³-hybridized carbons (Fsp3) is 0.500. The van der Waals surface area contributed by atoms with Gasteiger partial charge in [-0.1, -0.05) is 25.4 Å². The maximum atomic E-state index is 13.1. The van der Waals surface area contributed by atoms with Crippen LogP contribution in [0.3, 0.4) is 0 Å². The standard InChI is InChI=1S/C20H28ClN5O4S/c1-4-14(2)15-9-16(21)11-17(10-15)23-20(27)24-31(28,29)26(18-5-7-30-8-6-18)19-12-22-25(3)13-19/h9-14,18H,4-8H2,1-3H3,(H2,23,24,27)/p-1. The van der Waals surface area contributed by atoms with E-state index in [0.29, 0.717) is 42.5 Å². The number of benzene rings is 1. The van der Waals surface area contributed by atoms with Crippen molar-refractivity contribution in [2.75, 3.05) is 22.8 Å². The van der Waals surface area contributed by atoms with Crippen molar-refractivity contribution in [1.82, 2.24) is 9.78 Å². The van der Waals surface area contributed by atoms with Gasteiger partial charge in [0.05, 0.1) is 23.9 Å². The summed E-state index contributed by atoms with van der Waals surface area (Å²) in [5.41, 5.74) is 1.70. The molecule has 31 heavy (non-hydrogen) atoms. The molecule has 1 atom stereocenters. The molecule has 1 N–H and O–H groups in total. The van der Waals surface area contributed by atoms with Crippen LogP contribution in [0.4, 0.5) is 11.4 Å². The number of amidine groups is 1. The summed E-state index contributed by atoms with van der Waals surface area (Å²) in [4.78, 5) is 0. The number of nitrogens with zero attached hydrogens (tertiary/aromatic N) is 4. The molecule has 170 valence electrons. The predicted molar refractivity (Wildman–Crippen MR) is 120 cm³/mol. The highest BCUT2D eigenvalue weighted by Crippen LogP contribution is 2.28. The molecule has 9 nitrogen and oxygen atoms in total. The van der Waals surface area contributed by atoms with Gasteiger partial charge in [-0.15, -0.1) is 4.40 Å². The monoisotopic (exact) mass is 468 g/mol. The minimum absolute atomic E-state index is 0.240. The van der Waals surface area contributed by atoms with Crippen LogP contribution in [0.1, 0.15) is 44.6 Å². The number of anilines is 2. The quantitative estimate of drug-likeness (QED) is 0.493. The molecule has 11 heteroatoms. The Balaban J connectivity index is 1.89. The lowest BCUT2D eigenvalue weighted by Gasteiger charge is -2.33. The molecule has 2 heterocycles. The Labute approximate surface area is 187 Å². The zero-order chi connectivity index (χ0) is 22.6. The van der Waals surface area contributed by atoms with E-state index in [4.69, 9.17) is 16.3 Å². The Hall–Kier alpha value is -2.30. The van der Waals surface area contributed by atoms with E-state index in [1.54, 1.807) is 25.4 Å². The third-order valence-electron chi connectivity index (χ3n) is 5.27. The maximum absolute atomic E-state index is 13.1. The molecule has 0 aliphatic carbocycles. The summed E-state index contributed by atoms with van der Waals surface area (Å²) in [5, 5.41) is 19.6. The van der Waals surface area contributed by atoms with Gasteiger partial charge >= 0.3 is 10.2 Å². The lowest BCUT2D eigenvalue weighted by molar-refractivity contribution is -0.213. The van der Waals surface area contributed by atoms with Crippen LogP contribution in [0.25, 0.3) is 0 Å². The molecular formula is C20H27ClN5O4S-. The van der Waals surface area contributed by atoms with Gasteiger partial charge in [-0.2, -0.15) is 13.5 Å². The SMILES string of the molecule is CCC(C)c1cc(Cl)cc(N/C([O-])=N/S(=O)(=O)N(c2cnn(C)c2)C2CCOCC2)c1. The van der Waals surface area contributed by atoms with Gasteiger partial charge in [-0.05, 0) is 48.9 Å². The van der Waals surface area contributed by atoms with Crippen LogP contribution >= 0.6 is 11.6 Å². The number of rotatable bonds is 7. The fourth-order valence-corrected chi connectivity index (χ4v) is 5.01. The van der Waals surface area contributed by atoms with Crippen molar-refractivity contribution in [3.63, 3.8) is 0 Å². The summed E-state index contributed by atoms with van der Waals surface area (Å²) in [5.74, 6) is 0.240. The highest BCUT2D eigenvalue weighted by molar-refractivity contribution is 7.91. The zero-order valence-corrected chi connectivity index (χ0v) is 19.4. The van der Waals surface area contributed by atoms with Crippen molar-refractivity contribution >= 4 is 39.2 Å². The molecule has 1 aliphatic heterocycles. The van der Waals surface area contributed by atoms with Gasteiger partial charge in [0.2, 0.25) is 0 Å². The second-order valence-corrected chi connectivity index (χ2v) is 9.50. The summed E-state index contributed by atoms with van der Waals surface area (Å²) in [7, 11) is -2.63. The molecule has 0 amide bonds. The van der Waals surface area contributed by atoms with Crippen LogP contribution in [-0.4, -0.2) is 43.5 Å². The third-order valence-corrected chi connectivity index (χ3v) is 6.89. The lowest BCUT2D eigenvalue weighted by atomic mass is 9.98. The van der Waals surface area contributed by atoms with Gasteiger partial charge in [0, 0.05) is 37.2 Å². The second kappa shape index (κ2) is 9.88. The Kier molecular flexibility index (Phi) is 7.45. The summed E-state index contributed by atoms with van der Waals surface area (Å²) >= 11 is 6.17. The Bertz CT molecular complexity index is 1030. The summed E-state index contributed by atoms with van der Waals surface area (Å²) in [6.07, 6.45) is 4.92. The first kappa shape index (κ1) is 23.4. The smallest absolute Gasteiger partial charge is 0.345 e. The lowest BCUT2D eigenvalue weighted by Crippen LogP contribution is -2.44. The minimum Gasteiger partial charge on any atom is -0.845 e. The van der Waals surface area contributed by atoms with E-state index in [2.05, 4.69) is 21.7 Å². The van der Waals surface area contributed by atoms with Gasteiger partial charge in [-0.3, -0.25) is 4.68 Å². The zero-order valence-electron chi connectivity index (χ0n) is 17.8. The predicted octanol–water partition coefficient (Wildman–Crippen LogP) is 2.65. The van der Waals surface area contributed by atoms with Crippen LogP contribution < -0.4 is 14.7 Å². The molecule has 2 aromatic rings. The van der Waals surface area contributed by atoms with Crippen LogP contribution in [0.2, 0.25) is 5.02 Å². The van der Waals surface area contributed by atoms with E-state index >= 15 is 0 Å². The van der Waals surface area contributed by atoms with Crippen molar-refractivity contribution in [3.05, 3.63) is 41.2 Å². The van der Waals surface area contributed by atoms with Gasteiger partial charge in [0.15, 0.2) is 0 Å². The van der Waals surface area contributed by atoms with Gasteiger partial charge in [-0.25, -0.2) is 4.31 Å². The van der Waals surface area contributed by atoms with Crippen LogP contribution in [-0.2, 0) is 22.0 Å². The van der Waals surface area contributed by atoms with E-state index < -0.39 is 16.2 Å². The molecule has 0 saturated carbocycles. The molecule has 0 bridgehead atoms. The van der Waals surface area contributed by atoms with Crippen molar-refractivity contribution < 1.29 is 18.3 Å². The molecule has 1 fully saturated rings. The number of halogens is 1. The fourth-order valence-electron chi connectivity index (χ4n) is 3.47. The van der Waals surface area contributed by atoms with Gasteiger partial charge in [0.1, 0.15) is 0 Å². The highest BCUT2D eigenvalue weighted by atomic mass is 35.5. The number of ether oxygens (including phenoxy) is 1. The molecule has 1 aromatic carbocycles. The summed E-state index contributed by atoms with van der Waals surface area (Å²) < 4.78 is 37.8. The largest absolute Gasteiger partial charge is 0.845 e.